The maximum atomic E-state index is 5.63. The third kappa shape index (κ3) is 3.17. The summed E-state index contributed by atoms with van der Waals surface area (Å²) in [6.45, 7) is 3.81. The van der Waals surface area contributed by atoms with Crippen molar-refractivity contribution in [3.8, 4) is 0 Å². The second-order valence-corrected chi connectivity index (χ2v) is 5.21. The zero-order chi connectivity index (χ0) is 13.8. The van der Waals surface area contributed by atoms with Crippen LogP contribution in [0.4, 0.5) is 5.69 Å². The molecule has 0 spiro atoms. The Morgan fingerprint density at radius 1 is 1.50 bits per heavy atom. The monoisotopic (exact) mass is 272 g/mol. The van der Waals surface area contributed by atoms with Gasteiger partial charge >= 0.3 is 0 Å². The van der Waals surface area contributed by atoms with E-state index in [1.165, 1.54) is 0 Å². The van der Waals surface area contributed by atoms with Crippen molar-refractivity contribution < 1.29 is 4.74 Å². The summed E-state index contributed by atoms with van der Waals surface area (Å²) in [5, 5.41) is 7.80. The fraction of sp³-hybridized carbons (Fsp3) is 0.467. The largest absolute Gasteiger partial charge is 0.376 e. The van der Waals surface area contributed by atoms with E-state index in [1.807, 2.05) is 41.5 Å². The van der Waals surface area contributed by atoms with Gasteiger partial charge in [-0.2, -0.15) is 5.10 Å². The molecule has 1 aliphatic heterocycles. The Morgan fingerprint density at radius 3 is 3.20 bits per heavy atom. The first-order valence-corrected chi connectivity index (χ1v) is 7.13. The molecule has 20 heavy (non-hydrogen) atoms. The van der Waals surface area contributed by atoms with Gasteiger partial charge in [-0.05, 0) is 31.9 Å². The van der Waals surface area contributed by atoms with Gasteiger partial charge in [-0.25, -0.2) is 0 Å². The van der Waals surface area contributed by atoms with Gasteiger partial charge < -0.3 is 10.1 Å². The zero-order valence-electron chi connectivity index (χ0n) is 11.7. The first-order chi connectivity index (χ1) is 9.81. The van der Waals surface area contributed by atoms with Crippen molar-refractivity contribution in [2.75, 3.05) is 11.9 Å². The molecule has 0 bridgehead atoms. The first kappa shape index (κ1) is 13.1. The molecule has 2 aromatic rings. The quantitative estimate of drug-likeness (QED) is 0.909. The lowest BCUT2D eigenvalue weighted by atomic mass is 10.2. The summed E-state index contributed by atoms with van der Waals surface area (Å²) in [6.07, 6.45) is 8.31. The number of pyridine rings is 1. The highest BCUT2D eigenvalue weighted by Gasteiger charge is 2.16. The molecule has 0 radical (unpaired) electrons. The van der Waals surface area contributed by atoms with Crippen LogP contribution >= 0.6 is 0 Å². The van der Waals surface area contributed by atoms with Gasteiger partial charge in [0.2, 0.25) is 0 Å². The lowest BCUT2D eigenvalue weighted by molar-refractivity contribution is 0.0940. The Hall–Kier alpha value is -1.88. The van der Waals surface area contributed by atoms with Crippen LogP contribution in [0.3, 0.4) is 0 Å². The molecule has 1 fully saturated rings. The van der Waals surface area contributed by atoms with Gasteiger partial charge in [-0.15, -0.1) is 0 Å². The summed E-state index contributed by atoms with van der Waals surface area (Å²) in [7, 11) is 0. The fourth-order valence-corrected chi connectivity index (χ4v) is 2.49. The fourth-order valence-electron chi connectivity index (χ4n) is 2.49. The Morgan fingerprint density at radius 2 is 2.45 bits per heavy atom. The van der Waals surface area contributed by atoms with Crippen molar-refractivity contribution >= 4 is 5.69 Å². The lowest BCUT2D eigenvalue weighted by Crippen LogP contribution is -2.15. The molecule has 0 saturated carbocycles. The normalized spacial score (nSPS) is 19.9. The van der Waals surface area contributed by atoms with Gasteiger partial charge in [0.1, 0.15) is 0 Å². The number of hydrogen-bond donors (Lipinski definition) is 1. The van der Waals surface area contributed by atoms with E-state index in [0.29, 0.717) is 6.10 Å². The van der Waals surface area contributed by atoms with Crippen LogP contribution in [-0.2, 0) is 11.3 Å². The minimum atomic E-state index is 0.164. The van der Waals surface area contributed by atoms with Gasteiger partial charge in [-0.3, -0.25) is 9.67 Å². The third-order valence-electron chi connectivity index (χ3n) is 3.56. The Bertz CT molecular complexity index is 534. The lowest BCUT2D eigenvalue weighted by Gasteiger charge is -2.12. The van der Waals surface area contributed by atoms with Crippen molar-refractivity contribution in [1.29, 1.82) is 0 Å². The van der Waals surface area contributed by atoms with E-state index in [0.717, 1.165) is 37.4 Å². The van der Waals surface area contributed by atoms with Crippen molar-refractivity contribution in [2.45, 2.75) is 38.5 Å². The van der Waals surface area contributed by atoms with Crippen LogP contribution in [0.25, 0.3) is 0 Å². The Balaban J connectivity index is 1.59. The molecule has 1 saturated heterocycles. The molecule has 5 heteroatoms. The van der Waals surface area contributed by atoms with E-state index in [4.69, 9.17) is 4.74 Å². The number of nitrogens with one attached hydrogen (secondary N) is 1. The molecule has 1 N–H and O–H groups in total. The van der Waals surface area contributed by atoms with Gasteiger partial charge in [-0.1, -0.05) is 6.07 Å². The summed E-state index contributed by atoms with van der Waals surface area (Å²) in [5.74, 6) is 0. The second-order valence-electron chi connectivity index (χ2n) is 5.21. The molecule has 0 aromatic carbocycles. The highest BCUT2D eigenvalue weighted by atomic mass is 16.5. The number of ether oxygens (including phenoxy) is 1. The number of anilines is 1. The molecular formula is C15H20N4O. The van der Waals surface area contributed by atoms with Crippen LogP contribution in [0.15, 0.2) is 36.8 Å². The minimum absolute atomic E-state index is 0.164. The zero-order valence-corrected chi connectivity index (χ0v) is 11.7. The highest BCUT2D eigenvalue weighted by Crippen LogP contribution is 2.18. The summed E-state index contributed by atoms with van der Waals surface area (Å²) in [6, 6.07) is 6.11. The van der Waals surface area contributed by atoms with Crippen LogP contribution in [0.5, 0.6) is 0 Å². The van der Waals surface area contributed by atoms with Crippen LogP contribution in [-0.4, -0.2) is 27.5 Å². The van der Waals surface area contributed by atoms with E-state index in [-0.39, 0.29) is 6.04 Å². The molecule has 3 rings (SSSR count). The topological polar surface area (TPSA) is 52.0 Å². The van der Waals surface area contributed by atoms with Crippen LogP contribution in [0.2, 0.25) is 0 Å². The predicted molar refractivity (Wildman–Crippen MR) is 77.5 cm³/mol. The van der Waals surface area contributed by atoms with Crippen molar-refractivity contribution in [1.82, 2.24) is 14.8 Å². The summed E-state index contributed by atoms with van der Waals surface area (Å²) in [4.78, 5) is 4.36. The summed E-state index contributed by atoms with van der Waals surface area (Å²) in [5.41, 5.74) is 2.04. The SMILES string of the molecule is CC(Nc1cnn(CC2CCCO2)c1)c1ccccn1. The smallest absolute Gasteiger partial charge is 0.0771 e. The molecule has 106 valence electrons. The van der Waals surface area contributed by atoms with E-state index in [2.05, 4.69) is 22.3 Å². The summed E-state index contributed by atoms with van der Waals surface area (Å²) < 4.78 is 7.57. The second kappa shape index (κ2) is 6.05. The molecule has 0 aliphatic carbocycles. The molecule has 2 unspecified atom stereocenters. The third-order valence-corrected chi connectivity index (χ3v) is 3.56. The molecule has 2 atom stereocenters. The number of hydrogen-bond acceptors (Lipinski definition) is 4. The summed E-state index contributed by atoms with van der Waals surface area (Å²) >= 11 is 0. The molecule has 0 amide bonds. The number of aromatic nitrogens is 3. The maximum Gasteiger partial charge on any atom is 0.0771 e. The van der Waals surface area contributed by atoms with Crippen molar-refractivity contribution in [3.63, 3.8) is 0 Å². The molecule has 2 aromatic heterocycles. The van der Waals surface area contributed by atoms with E-state index < -0.39 is 0 Å². The standard InChI is InChI=1S/C15H20N4O/c1-12(15-6-2-3-7-16-15)18-13-9-17-19(10-13)11-14-5-4-8-20-14/h2-3,6-7,9-10,12,14,18H,4-5,8,11H2,1H3. The molecule has 5 nitrogen and oxygen atoms in total. The number of rotatable bonds is 5. The van der Waals surface area contributed by atoms with Gasteiger partial charge in [0.25, 0.3) is 0 Å². The Labute approximate surface area is 119 Å². The van der Waals surface area contributed by atoms with Gasteiger partial charge in [0.05, 0.1) is 36.3 Å². The number of nitrogens with zero attached hydrogens (tertiary/aromatic N) is 3. The van der Waals surface area contributed by atoms with Gasteiger partial charge in [0, 0.05) is 19.0 Å². The van der Waals surface area contributed by atoms with Crippen molar-refractivity contribution in [2.24, 2.45) is 0 Å². The average molecular weight is 272 g/mol. The van der Waals surface area contributed by atoms with E-state index in [9.17, 15) is 0 Å². The van der Waals surface area contributed by atoms with E-state index in [1.54, 1.807) is 0 Å². The van der Waals surface area contributed by atoms with Gasteiger partial charge in [0.15, 0.2) is 0 Å². The Kier molecular flexibility index (Phi) is 3.97. The highest BCUT2D eigenvalue weighted by molar-refractivity contribution is 5.40. The molecular weight excluding hydrogens is 252 g/mol. The minimum Gasteiger partial charge on any atom is -0.376 e. The van der Waals surface area contributed by atoms with Crippen LogP contribution in [0, 0.1) is 0 Å². The first-order valence-electron chi connectivity index (χ1n) is 7.13. The molecule has 1 aliphatic rings. The predicted octanol–water partition coefficient (Wildman–Crippen LogP) is 2.63. The van der Waals surface area contributed by atoms with Crippen molar-refractivity contribution in [3.05, 3.63) is 42.5 Å². The van der Waals surface area contributed by atoms with Crippen LogP contribution < -0.4 is 5.32 Å². The van der Waals surface area contributed by atoms with Crippen LogP contribution in [0.1, 0.15) is 31.5 Å². The maximum absolute atomic E-state index is 5.63. The van der Waals surface area contributed by atoms with E-state index >= 15 is 0 Å². The molecule has 3 heterocycles. The average Bonchev–Trinajstić information content (AvgIpc) is 3.12.